The number of carbonyl (C=O) groups excluding carboxylic acids is 3. The zero-order chi connectivity index (χ0) is 25.5. The van der Waals surface area contributed by atoms with Crippen LogP contribution in [0.5, 0.6) is 0 Å². The van der Waals surface area contributed by atoms with Crippen molar-refractivity contribution in [1.82, 2.24) is 9.80 Å². The van der Waals surface area contributed by atoms with Gasteiger partial charge in [-0.2, -0.15) is 0 Å². The summed E-state index contributed by atoms with van der Waals surface area (Å²) in [5.74, 6) is -1.65. The van der Waals surface area contributed by atoms with Crippen LogP contribution in [0.15, 0.2) is 59.8 Å². The molecule has 3 N–H and O–H groups in total. The Labute approximate surface area is 206 Å². The first-order valence-electron chi connectivity index (χ1n) is 12.0. The third-order valence-corrected chi connectivity index (χ3v) is 6.65. The first kappa shape index (κ1) is 26.1. The fraction of sp³-hybridized carbons (Fsp3) is 0.407. The summed E-state index contributed by atoms with van der Waals surface area (Å²) in [4.78, 5) is 42.9. The molecule has 2 aromatic carbocycles. The molecule has 0 bridgehead atoms. The largest absolute Gasteiger partial charge is 0.409 e. The molecule has 1 aliphatic rings. The van der Waals surface area contributed by atoms with Crippen LogP contribution >= 0.6 is 0 Å². The standard InChI is InChI=1S/C27H34N4O4/c1-4-19(3)24(28)27(34)30-16-8-11-22(30)26(33)31(23(32)17-20-9-6-5-7-10-20)25(29-35)21-14-12-18(2)13-15-21/h5-7,9-10,12-15,19,22,24,35H,4,8,11,16-17,28H2,1-3H3/t19-,22-,24-/m0/s1. The topological polar surface area (TPSA) is 116 Å². The predicted octanol–water partition coefficient (Wildman–Crippen LogP) is 3.09. The minimum Gasteiger partial charge on any atom is -0.409 e. The van der Waals surface area contributed by atoms with Gasteiger partial charge >= 0.3 is 0 Å². The Morgan fingerprint density at radius 1 is 1.14 bits per heavy atom. The average molecular weight is 479 g/mol. The molecule has 8 heteroatoms. The van der Waals surface area contributed by atoms with Crippen molar-refractivity contribution in [1.29, 1.82) is 0 Å². The van der Waals surface area contributed by atoms with E-state index in [1.165, 1.54) is 4.90 Å². The molecule has 3 atom stereocenters. The molecular formula is C27H34N4O4. The lowest BCUT2D eigenvalue weighted by Crippen LogP contribution is -2.56. The van der Waals surface area contributed by atoms with Gasteiger partial charge in [0, 0.05) is 12.1 Å². The highest BCUT2D eigenvalue weighted by Crippen LogP contribution is 2.24. The fourth-order valence-electron chi connectivity index (χ4n) is 4.25. The molecule has 0 radical (unpaired) electrons. The first-order chi connectivity index (χ1) is 16.8. The molecule has 3 rings (SSSR count). The fourth-order valence-corrected chi connectivity index (χ4v) is 4.25. The molecule has 2 aromatic rings. The van der Waals surface area contributed by atoms with Crippen molar-refractivity contribution in [2.24, 2.45) is 16.8 Å². The number of aryl methyl sites for hydroxylation is 1. The Kier molecular flexibility index (Phi) is 8.76. The molecule has 0 saturated carbocycles. The number of carbonyl (C=O) groups is 3. The Bertz CT molecular complexity index is 1070. The number of nitrogens with two attached hydrogens (primary N) is 1. The molecule has 0 unspecified atom stereocenters. The number of amides is 3. The second-order valence-electron chi connectivity index (χ2n) is 9.12. The number of nitrogens with zero attached hydrogens (tertiary/aromatic N) is 3. The number of hydrogen-bond donors (Lipinski definition) is 2. The van der Waals surface area contributed by atoms with E-state index in [9.17, 15) is 19.6 Å². The molecule has 1 fully saturated rings. The van der Waals surface area contributed by atoms with Gasteiger partial charge in [0.2, 0.25) is 11.8 Å². The van der Waals surface area contributed by atoms with Gasteiger partial charge in [-0.3, -0.25) is 14.4 Å². The number of benzene rings is 2. The lowest BCUT2D eigenvalue weighted by molar-refractivity contribution is -0.147. The van der Waals surface area contributed by atoms with Gasteiger partial charge in [-0.1, -0.05) is 85.6 Å². The molecule has 3 amide bonds. The van der Waals surface area contributed by atoms with Crippen LogP contribution in [0.25, 0.3) is 0 Å². The molecule has 186 valence electrons. The molecular weight excluding hydrogens is 444 g/mol. The van der Waals surface area contributed by atoms with Crippen LogP contribution in [0.1, 0.15) is 49.8 Å². The summed E-state index contributed by atoms with van der Waals surface area (Å²) in [6, 6.07) is 14.4. The monoisotopic (exact) mass is 478 g/mol. The van der Waals surface area contributed by atoms with E-state index >= 15 is 0 Å². The molecule has 0 aromatic heterocycles. The molecule has 35 heavy (non-hydrogen) atoms. The maximum atomic E-state index is 13.9. The number of hydrogen-bond acceptors (Lipinski definition) is 6. The minimum atomic E-state index is -0.862. The lowest BCUT2D eigenvalue weighted by atomic mass is 9.98. The normalized spacial score (nSPS) is 17.7. The Hall–Kier alpha value is -3.52. The zero-order valence-electron chi connectivity index (χ0n) is 20.6. The highest BCUT2D eigenvalue weighted by molar-refractivity contribution is 6.20. The second-order valence-corrected chi connectivity index (χ2v) is 9.12. The zero-order valence-corrected chi connectivity index (χ0v) is 20.6. The van der Waals surface area contributed by atoms with Crippen LogP contribution in [0.4, 0.5) is 0 Å². The number of likely N-dealkylation sites (tertiary alicyclic amines) is 1. The minimum absolute atomic E-state index is 0.0446. The van der Waals surface area contributed by atoms with Crippen LogP contribution in [0.2, 0.25) is 0 Å². The van der Waals surface area contributed by atoms with E-state index in [4.69, 9.17) is 5.73 Å². The van der Waals surface area contributed by atoms with Crippen molar-refractivity contribution in [2.45, 2.75) is 58.5 Å². The van der Waals surface area contributed by atoms with Crippen molar-refractivity contribution in [2.75, 3.05) is 6.54 Å². The Morgan fingerprint density at radius 3 is 2.40 bits per heavy atom. The predicted molar refractivity (Wildman–Crippen MR) is 134 cm³/mol. The van der Waals surface area contributed by atoms with Gasteiger partial charge in [0.05, 0.1) is 12.5 Å². The summed E-state index contributed by atoms with van der Waals surface area (Å²) in [5.41, 5.74) is 8.31. The van der Waals surface area contributed by atoms with E-state index in [0.717, 1.165) is 22.4 Å². The third-order valence-electron chi connectivity index (χ3n) is 6.65. The Morgan fingerprint density at radius 2 is 1.80 bits per heavy atom. The van der Waals surface area contributed by atoms with E-state index in [0.29, 0.717) is 24.9 Å². The van der Waals surface area contributed by atoms with Crippen LogP contribution in [-0.2, 0) is 20.8 Å². The molecule has 1 saturated heterocycles. The van der Waals surface area contributed by atoms with Gasteiger partial charge in [0.15, 0.2) is 5.84 Å². The van der Waals surface area contributed by atoms with Gasteiger partial charge in [-0.25, -0.2) is 4.90 Å². The van der Waals surface area contributed by atoms with E-state index in [1.54, 1.807) is 36.4 Å². The SMILES string of the molecule is CC[C@H](C)[C@H](N)C(=O)N1CCC[C@H]1C(=O)N(C(=O)Cc1ccccc1)C(=NO)c1ccc(C)cc1. The number of rotatable bonds is 7. The van der Waals surface area contributed by atoms with Gasteiger partial charge in [-0.05, 0) is 31.2 Å². The Balaban J connectivity index is 1.97. The second kappa shape index (κ2) is 11.8. The quantitative estimate of drug-likeness (QED) is 0.275. The number of amidine groups is 1. The summed E-state index contributed by atoms with van der Waals surface area (Å²) < 4.78 is 0. The molecule has 0 aliphatic carbocycles. The maximum absolute atomic E-state index is 13.9. The van der Waals surface area contributed by atoms with Gasteiger partial charge < -0.3 is 15.8 Å². The number of imide groups is 1. The third kappa shape index (κ3) is 5.95. The molecule has 1 aliphatic heterocycles. The van der Waals surface area contributed by atoms with Gasteiger partial charge in [0.1, 0.15) is 6.04 Å². The summed E-state index contributed by atoms with van der Waals surface area (Å²) in [6.07, 6.45) is 1.69. The molecule has 0 spiro atoms. The van der Waals surface area contributed by atoms with Crippen molar-refractivity contribution in [3.63, 3.8) is 0 Å². The highest BCUT2D eigenvalue weighted by atomic mass is 16.4. The average Bonchev–Trinajstić information content (AvgIpc) is 3.36. The highest BCUT2D eigenvalue weighted by Gasteiger charge is 2.42. The molecule has 1 heterocycles. The van der Waals surface area contributed by atoms with E-state index in [2.05, 4.69) is 5.16 Å². The smallest absolute Gasteiger partial charge is 0.257 e. The van der Waals surface area contributed by atoms with Crippen molar-refractivity contribution in [3.8, 4) is 0 Å². The van der Waals surface area contributed by atoms with Crippen LogP contribution in [0, 0.1) is 12.8 Å². The van der Waals surface area contributed by atoms with Crippen molar-refractivity contribution >= 4 is 23.6 Å². The van der Waals surface area contributed by atoms with Crippen LogP contribution in [0.3, 0.4) is 0 Å². The summed E-state index contributed by atoms with van der Waals surface area (Å²) in [6.45, 7) is 6.15. The van der Waals surface area contributed by atoms with E-state index in [1.807, 2.05) is 39.0 Å². The van der Waals surface area contributed by atoms with Crippen LogP contribution in [-0.4, -0.2) is 57.2 Å². The summed E-state index contributed by atoms with van der Waals surface area (Å²) in [5, 5.41) is 13.3. The lowest BCUT2D eigenvalue weighted by Gasteiger charge is -2.32. The van der Waals surface area contributed by atoms with Crippen molar-refractivity contribution < 1.29 is 19.6 Å². The molecule has 8 nitrogen and oxygen atoms in total. The number of oxime groups is 1. The van der Waals surface area contributed by atoms with Crippen molar-refractivity contribution in [3.05, 3.63) is 71.3 Å². The van der Waals surface area contributed by atoms with E-state index < -0.39 is 23.9 Å². The summed E-state index contributed by atoms with van der Waals surface area (Å²) in [7, 11) is 0. The van der Waals surface area contributed by atoms with Gasteiger partial charge in [0.25, 0.3) is 5.91 Å². The van der Waals surface area contributed by atoms with Crippen LogP contribution < -0.4 is 5.73 Å². The van der Waals surface area contributed by atoms with E-state index in [-0.39, 0.29) is 24.1 Å². The maximum Gasteiger partial charge on any atom is 0.257 e. The summed E-state index contributed by atoms with van der Waals surface area (Å²) >= 11 is 0. The van der Waals surface area contributed by atoms with Gasteiger partial charge in [-0.15, -0.1) is 0 Å². The first-order valence-corrected chi connectivity index (χ1v) is 12.0.